The number of likely N-dealkylation sites (tertiary alicyclic amines) is 1. The molecule has 0 saturated carbocycles. The van der Waals surface area contributed by atoms with Crippen molar-refractivity contribution in [3.63, 3.8) is 0 Å². The fraction of sp³-hybridized carbons (Fsp3) is 0.917. The lowest BCUT2D eigenvalue weighted by molar-refractivity contribution is -0.145. The lowest BCUT2D eigenvalue weighted by Gasteiger charge is -2.29. The average molecular weight is 228 g/mol. The van der Waals surface area contributed by atoms with Gasteiger partial charge >= 0.3 is 5.97 Å². The summed E-state index contributed by atoms with van der Waals surface area (Å²) in [5.41, 5.74) is 5.82. The first-order valence-electron chi connectivity index (χ1n) is 6.21. The highest BCUT2D eigenvalue weighted by Gasteiger charge is 2.16. The van der Waals surface area contributed by atoms with E-state index in [4.69, 9.17) is 10.5 Å². The summed E-state index contributed by atoms with van der Waals surface area (Å²) in [6.07, 6.45) is 2.59. The monoisotopic (exact) mass is 228 g/mol. The highest BCUT2D eigenvalue weighted by atomic mass is 16.5. The Morgan fingerprint density at radius 2 is 2.06 bits per heavy atom. The van der Waals surface area contributed by atoms with E-state index in [2.05, 4.69) is 4.90 Å². The molecule has 4 heteroatoms. The van der Waals surface area contributed by atoms with E-state index in [-0.39, 0.29) is 5.97 Å². The van der Waals surface area contributed by atoms with Gasteiger partial charge in [-0.15, -0.1) is 0 Å². The van der Waals surface area contributed by atoms with Crippen LogP contribution in [0.5, 0.6) is 0 Å². The van der Waals surface area contributed by atoms with Crippen LogP contribution in [0.15, 0.2) is 0 Å². The largest absolute Gasteiger partial charge is 0.465 e. The molecule has 0 atom stereocenters. The van der Waals surface area contributed by atoms with E-state index in [1.807, 2.05) is 13.8 Å². The third-order valence-corrected chi connectivity index (χ3v) is 2.84. The van der Waals surface area contributed by atoms with Gasteiger partial charge in [0.2, 0.25) is 0 Å². The minimum atomic E-state index is -0.0800. The molecule has 0 aliphatic carbocycles. The van der Waals surface area contributed by atoms with Crippen LogP contribution in [-0.4, -0.2) is 43.2 Å². The minimum absolute atomic E-state index is 0.0800. The van der Waals surface area contributed by atoms with E-state index in [1.54, 1.807) is 0 Å². The normalized spacial score (nSPS) is 19.0. The molecule has 0 amide bonds. The first kappa shape index (κ1) is 13.5. The fourth-order valence-electron chi connectivity index (χ4n) is 1.76. The molecule has 4 nitrogen and oxygen atoms in total. The van der Waals surface area contributed by atoms with Gasteiger partial charge in [-0.05, 0) is 31.8 Å². The Kier molecular flexibility index (Phi) is 5.77. The topological polar surface area (TPSA) is 55.6 Å². The third-order valence-electron chi connectivity index (χ3n) is 2.84. The van der Waals surface area contributed by atoms with Gasteiger partial charge in [0.25, 0.3) is 0 Å². The van der Waals surface area contributed by atoms with E-state index >= 15 is 0 Å². The van der Waals surface area contributed by atoms with Gasteiger partial charge < -0.3 is 15.4 Å². The molecule has 0 radical (unpaired) electrons. The molecular formula is C12H24N2O2. The van der Waals surface area contributed by atoms with Crippen molar-refractivity contribution in [3.8, 4) is 0 Å². The van der Waals surface area contributed by atoms with Crippen LogP contribution in [0.2, 0.25) is 0 Å². The van der Waals surface area contributed by atoms with Gasteiger partial charge in [-0.1, -0.05) is 13.8 Å². The smallest absolute Gasteiger partial charge is 0.307 e. The van der Waals surface area contributed by atoms with Crippen molar-refractivity contribution in [1.29, 1.82) is 0 Å². The summed E-state index contributed by atoms with van der Waals surface area (Å²) in [6, 6.07) is 0.351. The van der Waals surface area contributed by atoms with Crippen LogP contribution >= 0.6 is 0 Å². The summed E-state index contributed by atoms with van der Waals surface area (Å²) in [5, 5.41) is 0. The molecule has 1 saturated heterocycles. The summed E-state index contributed by atoms with van der Waals surface area (Å²) in [4.78, 5) is 13.7. The second kappa shape index (κ2) is 6.86. The minimum Gasteiger partial charge on any atom is -0.465 e. The molecule has 1 aliphatic heterocycles. The average Bonchev–Trinajstić information content (AvgIpc) is 2.25. The Labute approximate surface area is 98.1 Å². The number of esters is 1. The third kappa shape index (κ3) is 5.47. The molecule has 0 aromatic heterocycles. The molecule has 0 aromatic carbocycles. The summed E-state index contributed by atoms with van der Waals surface area (Å²) in [5.74, 6) is 0.334. The molecule has 1 aliphatic rings. The van der Waals surface area contributed by atoms with Crippen molar-refractivity contribution in [2.75, 3.05) is 26.2 Å². The molecule has 0 spiro atoms. The van der Waals surface area contributed by atoms with Crippen molar-refractivity contribution >= 4 is 5.97 Å². The van der Waals surface area contributed by atoms with E-state index in [1.165, 1.54) is 0 Å². The Bertz CT molecular complexity index is 211. The van der Waals surface area contributed by atoms with Gasteiger partial charge in [0.1, 0.15) is 0 Å². The maximum atomic E-state index is 11.4. The molecule has 1 heterocycles. The van der Waals surface area contributed by atoms with E-state index in [0.29, 0.717) is 25.0 Å². The lowest BCUT2D eigenvalue weighted by atomic mass is 10.1. The SMILES string of the molecule is CC(C)COC(=O)CCN1CCC(N)CC1. The molecule has 0 aromatic rings. The fourth-order valence-corrected chi connectivity index (χ4v) is 1.76. The van der Waals surface area contributed by atoms with Crippen molar-refractivity contribution < 1.29 is 9.53 Å². The number of nitrogens with zero attached hydrogens (tertiary/aromatic N) is 1. The zero-order valence-electron chi connectivity index (χ0n) is 10.4. The number of carbonyl (C=O) groups is 1. The first-order valence-corrected chi connectivity index (χ1v) is 6.21. The van der Waals surface area contributed by atoms with E-state index in [9.17, 15) is 4.79 Å². The Morgan fingerprint density at radius 1 is 1.44 bits per heavy atom. The van der Waals surface area contributed by atoms with Gasteiger partial charge in [0.05, 0.1) is 13.0 Å². The number of nitrogens with two attached hydrogens (primary N) is 1. The number of ether oxygens (including phenoxy) is 1. The van der Waals surface area contributed by atoms with Crippen molar-refractivity contribution in [1.82, 2.24) is 4.90 Å². The molecule has 16 heavy (non-hydrogen) atoms. The van der Waals surface area contributed by atoms with Crippen LogP contribution in [0, 0.1) is 5.92 Å². The van der Waals surface area contributed by atoms with Crippen molar-refractivity contribution in [2.45, 2.75) is 39.2 Å². The molecule has 0 bridgehead atoms. The molecule has 94 valence electrons. The number of hydrogen-bond donors (Lipinski definition) is 1. The maximum absolute atomic E-state index is 11.4. The van der Waals surface area contributed by atoms with Crippen molar-refractivity contribution in [3.05, 3.63) is 0 Å². The van der Waals surface area contributed by atoms with Crippen LogP contribution in [0.1, 0.15) is 33.1 Å². The van der Waals surface area contributed by atoms with Gasteiger partial charge in [0.15, 0.2) is 0 Å². The predicted molar refractivity (Wildman–Crippen MR) is 64.1 cm³/mol. The molecular weight excluding hydrogens is 204 g/mol. The highest BCUT2D eigenvalue weighted by Crippen LogP contribution is 2.08. The van der Waals surface area contributed by atoms with Gasteiger partial charge in [-0.25, -0.2) is 0 Å². The molecule has 1 rings (SSSR count). The number of carbonyl (C=O) groups excluding carboxylic acids is 1. The summed E-state index contributed by atoms with van der Waals surface area (Å²) in [6.45, 7) is 7.45. The lowest BCUT2D eigenvalue weighted by Crippen LogP contribution is -2.40. The van der Waals surface area contributed by atoms with Crippen LogP contribution in [0.25, 0.3) is 0 Å². The highest BCUT2D eigenvalue weighted by molar-refractivity contribution is 5.69. The Morgan fingerprint density at radius 3 is 2.62 bits per heavy atom. The first-order chi connectivity index (χ1) is 7.58. The number of hydrogen-bond acceptors (Lipinski definition) is 4. The summed E-state index contributed by atoms with van der Waals surface area (Å²) in [7, 11) is 0. The van der Waals surface area contributed by atoms with Gasteiger partial charge in [-0.2, -0.15) is 0 Å². The molecule has 1 fully saturated rings. The standard InChI is InChI=1S/C12H24N2O2/c1-10(2)9-16-12(15)5-8-14-6-3-11(13)4-7-14/h10-11H,3-9,13H2,1-2H3. The maximum Gasteiger partial charge on any atom is 0.307 e. The van der Waals surface area contributed by atoms with E-state index < -0.39 is 0 Å². The zero-order chi connectivity index (χ0) is 12.0. The van der Waals surface area contributed by atoms with Gasteiger partial charge in [0, 0.05) is 12.6 Å². The van der Waals surface area contributed by atoms with Crippen LogP contribution in [-0.2, 0) is 9.53 Å². The number of rotatable bonds is 5. The molecule has 0 unspecified atom stereocenters. The zero-order valence-corrected chi connectivity index (χ0v) is 10.4. The number of piperidine rings is 1. The molecule has 2 N–H and O–H groups in total. The van der Waals surface area contributed by atoms with Crippen LogP contribution < -0.4 is 5.73 Å². The quantitative estimate of drug-likeness (QED) is 0.713. The van der Waals surface area contributed by atoms with E-state index in [0.717, 1.165) is 32.5 Å². The second-order valence-corrected chi connectivity index (χ2v) is 5.01. The Hall–Kier alpha value is -0.610. The summed E-state index contributed by atoms with van der Waals surface area (Å²) < 4.78 is 5.13. The summed E-state index contributed by atoms with van der Waals surface area (Å²) >= 11 is 0. The Balaban J connectivity index is 2.07. The van der Waals surface area contributed by atoms with Crippen LogP contribution in [0.3, 0.4) is 0 Å². The predicted octanol–water partition coefficient (Wildman–Crippen LogP) is 0.999. The van der Waals surface area contributed by atoms with Crippen LogP contribution in [0.4, 0.5) is 0 Å². The van der Waals surface area contributed by atoms with Crippen molar-refractivity contribution in [2.24, 2.45) is 11.7 Å². The van der Waals surface area contributed by atoms with Gasteiger partial charge in [-0.3, -0.25) is 4.79 Å². The second-order valence-electron chi connectivity index (χ2n) is 5.01.